The number of aromatic nitrogens is 1. The lowest BCUT2D eigenvalue weighted by molar-refractivity contribution is -0.141. The van der Waals surface area contributed by atoms with Gasteiger partial charge in [-0.2, -0.15) is 0 Å². The van der Waals surface area contributed by atoms with Gasteiger partial charge in [-0.15, -0.1) is 11.3 Å². The zero-order valence-electron chi connectivity index (χ0n) is 14.8. The molecule has 1 fully saturated rings. The lowest BCUT2D eigenvalue weighted by Crippen LogP contribution is -2.37. The SMILES string of the molecule is CCOCCCN(CC(C)C(=O)O)C(=O)c1cnc(C2CCCO2)s1. The van der Waals surface area contributed by atoms with Crippen molar-refractivity contribution >= 4 is 23.2 Å². The summed E-state index contributed by atoms with van der Waals surface area (Å²) in [5.74, 6) is -1.71. The first-order chi connectivity index (χ1) is 12.0. The van der Waals surface area contributed by atoms with E-state index in [-0.39, 0.29) is 18.6 Å². The van der Waals surface area contributed by atoms with Gasteiger partial charge in [0.1, 0.15) is 16.0 Å². The summed E-state index contributed by atoms with van der Waals surface area (Å²) >= 11 is 1.34. The zero-order chi connectivity index (χ0) is 18.2. The van der Waals surface area contributed by atoms with Crippen LogP contribution < -0.4 is 0 Å². The van der Waals surface area contributed by atoms with Gasteiger partial charge in [0.05, 0.1) is 12.1 Å². The molecule has 7 nitrogen and oxygen atoms in total. The molecule has 140 valence electrons. The maximum absolute atomic E-state index is 12.8. The number of aliphatic carboxylic acids is 1. The van der Waals surface area contributed by atoms with E-state index in [1.54, 1.807) is 18.0 Å². The highest BCUT2D eigenvalue weighted by Gasteiger charge is 2.26. The molecular formula is C17H26N2O5S. The van der Waals surface area contributed by atoms with E-state index in [9.17, 15) is 9.59 Å². The molecule has 0 spiro atoms. The second-order valence-corrected chi connectivity index (χ2v) is 7.17. The van der Waals surface area contributed by atoms with Gasteiger partial charge in [-0.05, 0) is 26.2 Å². The van der Waals surface area contributed by atoms with E-state index in [0.717, 1.165) is 24.5 Å². The Kier molecular flexibility index (Phi) is 7.80. The van der Waals surface area contributed by atoms with Gasteiger partial charge in [0, 0.05) is 32.9 Å². The van der Waals surface area contributed by atoms with Crippen LogP contribution in [0.25, 0.3) is 0 Å². The van der Waals surface area contributed by atoms with E-state index < -0.39 is 11.9 Å². The molecule has 0 aromatic carbocycles. The highest BCUT2D eigenvalue weighted by Crippen LogP contribution is 2.31. The number of amides is 1. The van der Waals surface area contributed by atoms with E-state index >= 15 is 0 Å². The summed E-state index contributed by atoms with van der Waals surface area (Å²) in [6.45, 7) is 6.06. The van der Waals surface area contributed by atoms with Crippen LogP contribution in [0.15, 0.2) is 6.20 Å². The molecule has 0 radical (unpaired) electrons. The second-order valence-electron chi connectivity index (χ2n) is 6.11. The van der Waals surface area contributed by atoms with Gasteiger partial charge < -0.3 is 19.5 Å². The number of ether oxygens (including phenoxy) is 2. The van der Waals surface area contributed by atoms with Gasteiger partial charge in [0.15, 0.2) is 0 Å². The van der Waals surface area contributed by atoms with Gasteiger partial charge in [-0.25, -0.2) is 4.98 Å². The van der Waals surface area contributed by atoms with Crippen molar-refractivity contribution < 1.29 is 24.2 Å². The Morgan fingerprint density at radius 2 is 2.36 bits per heavy atom. The molecule has 1 aliphatic heterocycles. The minimum absolute atomic E-state index is 0.0177. The molecule has 2 atom stereocenters. The Bertz CT molecular complexity index is 571. The van der Waals surface area contributed by atoms with Crippen LogP contribution in [0.2, 0.25) is 0 Å². The molecule has 0 bridgehead atoms. The third kappa shape index (κ3) is 5.76. The first-order valence-electron chi connectivity index (χ1n) is 8.70. The summed E-state index contributed by atoms with van der Waals surface area (Å²) in [7, 11) is 0. The minimum Gasteiger partial charge on any atom is -0.481 e. The molecule has 1 saturated heterocycles. The molecule has 0 saturated carbocycles. The van der Waals surface area contributed by atoms with Crippen molar-refractivity contribution in [1.82, 2.24) is 9.88 Å². The van der Waals surface area contributed by atoms with Crippen molar-refractivity contribution in [3.05, 3.63) is 16.1 Å². The molecule has 1 aliphatic rings. The summed E-state index contributed by atoms with van der Waals surface area (Å²) in [5.41, 5.74) is 0. The van der Waals surface area contributed by atoms with Crippen molar-refractivity contribution in [1.29, 1.82) is 0 Å². The van der Waals surface area contributed by atoms with E-state index in [1.165, 1.54) is 11.3 Å². The van der Waals surface area contributed by atoms with Gasteiger partial charge in [0.2, 0.25) is 0 Å². The third-order valence-corrected chi connectivity index (χ3v) is 5.14. The predicted molar refractivity (Wildman–Crippen MR) is 93.9 cm³/mol. The fourth-order valence-electron chi connectivity index (χ4n) is 2.65. The number of carbonyl (C=O) groups excluding carboxylic acids is 1. The van der Waals surface area contributed by atoms with E-state index in [1.807, 2.05) is 6.92 Å². The minimum atomic E-state index is -0.910. The molecule has 8 heteroatoms. The number of carbonyl (C=O) groups is 2. The maximum atomic E-state index is 12.8. The molecule has 0 aliphatic carbocycles. The molecule has 1 aromatic rings. The van der Waals surface area contributed by atoms with Crippen LogP contribution in [0, 0.1) is 5.92 Å². The Labute approximate surface area is 151 Å². The number of carboxylic acid groups (broad SMARTS) is 1. The van der Waals surface area contributed by atoms with Gasteiger partial charge in [0.25, 0.3) is 5.91 Å². The van der Waals surface area contributed by atoms with Crippen LogP contribution in [0.4, 0.5) is 0 Å². The summed E-state index contributed by atoms with van der Waals surface area (Å²) in [5, 5.41) is 9.97. The molecule has 2 heterocycles. The Hall–Kier alpha value is -1.51. The van der Waals surface area contributed by atoms with Gasteiger partial charge in [-0.1, -0.05) is 6.92 Å². The summed E-state index contributed by atoms with van der Waals surface area (Å²) in [6.07, 6.45) is 4.16. The lowest BCUT2D eigenvalue weighted by Gasteiger charge is -2.24. The summed E-state index contributed by atoms with van der Waals surface area (Å²) < 4.78 is 10.9. The van der Waals surface area contributed by atoms with Crippen molar-refractivity contribution in [3.63, 3.8) is 0 Å². The van der Waals surface area contributed by atoms with Crippen LogP contribution in [0.1, 0.15) is 53.9 Å². The number of nitrogens with zero attached hydrogens (tertiary/aromatic N) is 2. The average molecular weight is 370 g/mol. The largest absolute Gasteiger partial charge is 0.481 e. The number of carboxylic acids is 1. The summed E-state index contributed by atoms with van der Waals surface area (Å²) in [6, 6.07) is 0. The number of hydrogen-bond donors (Lipinski definition) is 1. The molecule has 2 unspecified atom stereocenters. The van der Waals surface area contributed by atoms with Crippen molar-refractivity contribution in [3.8, 4) is 0 Å². The quantitative estimate of drug-likeness (QED) is 0.637. The zero-order valence-corrected chi connectivity index (χ0v) is 15.6. The standard InChI is InChI=1S/C17H26N2O5S/c1-3-23-8-5-7-19(11-12(2)17(21)22)16(20)14-10-18-15(25-14)13-6-4-9-24-13/h10,12-13H,3-9,11H2,1-2H3,(H,21,22). The van der Waals surface area contributed by atoms with Crippen molar-refractivity contribution in [2.24, 2.45) is 5.92 Å². The molecule has 2 rings (SSSR count). The van der Waals surface area contributed by atoms with Gasteiger partial charge in [-0.3, -0.25) is 9.59 Å². The molecule has 1 amide bonds. The first-order valence-corrected chi connectivity index (χ1v) is 9.51. The number of rotatable bonds is 10. The monoisotopic (exact) mass is 370 g/mol. The fraction of sp³-hybridized carbons (Fsp3) is 0.706. The normalized spacial score (nSPS) is 18.2. The van der Waals surface area contributed by atoms with Crippen molar-refractivity contribution in [2.75, 3.05) is 32.9 Å². The Balaban J connectivity index is 2.03. The summed E-state index contributed by atoms with van der Waals surface area (Å²) in [4.78, 5) is 30.4. The lowest BCUT2D eigenvalue weighted by atomic mass is 10.1. The van der Waals surface area contributed by atoms with E-state index in [2.05, 4.69) is 4.98 Å². The topological polar surface area (TPSA) is 89.0 Å². The molecule has 1 aromatic heterocycles. The maximum Gasteiger partial charge on any atom is 0.308 e. The van der Waals surface area contributed by atoms with Crippen LogP contribution in [-0.2, 0) is 14.3 Å². The number of thiazole rings is 1. The Morgan fingerprint density at radius 1 is 1.56 bits per heavy atom. The van der Waals surface area contributed by atoms with Crippen LogP contribution in [-0.4, -0.2) is 59.8 Å². The molecular weight excluding hydrogens is 344 g/mol. The molecule has 25 heavy (non-hydrogen) atoms. The van der Waals surface area contributed by atoms with Crippen LogP contribution in [0.3, 0.4) is 0 Å². The first kappa shape index (κ1) is 19.8. The van der Waals surface area contributed by atoms with E-state index in [0.29, 0.717) is 31.1 Å². The number of hydrogen-bond acceptors (Lipinski definition) is 6. The average Bonchev–Trinajstić information content (AvgIpc) is 3.27. The second kappa shape index (κ2) is 9.84. The fourth-order valence-corrected chi connectivity index (χ4v) is 3.62. The van der Waals surface area contributed by atoms with Gasteiger partial charge >= 0.3 is 5.97 Å². The third-order valence-electron chi connectivity index (χ3n) is 4.06. The highest BCUT2D eigenvalue weighted by atomic mass is 32.1. The van der Waals surface area contributed by atoms with E-state index in [4.69, 9.17) is 14.6 Å². The smallest absolute Gasteiger partial charge is 0.308 e. The van der Waals surface area contributed by atoms with Crippen molar-refractivity contribution in [2.45, 2.75) is 39.2 Å². The van der Waals surface area contributed by atoms with Crippen LogP contribution >= 0.6 is 11.3 Å². The van der Waals surface area contributed by atoms with Crippen LogP contribution in [0.5, 0.6) is 0 Å². The Morgan fingerprint density at radius 3 is 3.00 bits per heavy atom. The highest BCUT2D eigenvalue weighted by molar-refractivity contribution is 7.13. The predicted octanol–water partition coefficient (Wildman–Crippen LogP) is 2.58. The molecule has 1 N–H and O–H groups in total.